The van der Waals surface area contributed by atoms with E-state index in [1.165, 1.54) is 24.1 Å². The second-order valence-electron chi connectivity index (χ2n) is 6.47. The Bertz CT molecular complexity index is 917. The van der Waals surface area contributed by atoms with Crippen LogP contribution in [0.5, 0.6) is 17.2 Å². The van der Waals surface area contributed by atoms with Gasteiger partial charge in [0.25, 0.3) is 5.91 Å². The number of methoxy groups -OCH3 is 1. The van der Waals surface area contributed by atoms with Crippen molar-refractivity contribution in [2.45, 2.75) is 18.6 Å². The van der Waals surface area contributed by atoms with Crippen molar-refractivity contribution < 1.29 is 32.9 Å². The largest absolute Gasteiger partial charge is 0.485 e. The highest BCUT2D eigenvalue weighted by Gasteiger charge is 2.42. The monoisotopic (exact) mass is 387 g/mol. The number of carbonyl (C=O) groups is 2. The van der Waals surface area contributed by atoms with Crippen molar-refractivity contribution in [3.63, 3.8) is 0 Å². The summed E-state index contributed by atoms with van der Waals surface area (Å²) in [6.45, 7) is 0.224. The van der Waals surface area contributed by atoms with Crippen molar-refractivity contribution in [2.75, 3.05) is 20.4 Å². The first-order valence-electron chi connectivity index (χ1n) is 8.76. The minimum absolute atomic E-state index is 0.0773. The van der Waals surface area contributed by atoms with Crippen LogP contribution in [0.15, 0.2) is 42.5 Å². The highest BCUT2D eigenvalue weighted by atomic mass is 19.1. The Morgan fingerprint density at radius 1 is 1.14 bits per heavy atom. The summed E-state index contributed by atoms with van der Waals surface area (Å²) in [5.41, 5.74) is 0.352. The number of ether oxygens (including phenoxy) is 4. The van der Waals surface area contributed by atoms with E-state index >= 15 is 0 Å². The van der Waals surface area contributed by atoms with Gasteiger partial charge in [0.1, 0.15) is 12.1 Å². The number of nitrogens with zero attached hydrogens (tertiary/aromatic N) is 1. The van der Waals surface area contributed by atoms with Gasteiger partial charge in [-0.25, -0.2) is 9.18 Å². The summed E-state index contributed by atoms with van der Waals surface area (Å²) in [7, 11) is 1.26. The first-order chi connectivity index (χ1) is 13.6. The first-order valence-corrected chi connectivity index (χ1v) is 8.76. The number of carbonyl (C=O) groups excluding carboxylic acids is 2. The van der Waals surface area contributed by atoms with Crippen LogP contribution >= 0.6 is 0 Å². The summed E-state index contributed by atoms with van der Waals surface area (Å²) < 4.78 is 35.0. The lowest BCUT2D eigenvalue weighted by molar-refractivity contribution is -0.145. The molecule has 2 aliphatic heterocycles. The molecule has 7 nitrogen and oxygen atoms in total. The molecule has 0 unspecified atom stereocenters. The van der Waals surface area contributed by atoms with Gasteiger partial charge in [-0.2, -0.15) is 0 Å². The fraction of sp³-hybridized carbons (Fsp3) is 0.300. The molecule has 8 heteroatoms. The zero-order valence-electron chi connectivity index (χ0n) is 15.1. The fourth-order valence-corrected chi connectivity index (χ4v) is 3.38. The molecule has 2 aromatic carbocycles. The molecule has 1 saturated heterocycles. The Kier molecular flexibility index (Phi) is 4.77. The summed E-state index contributed by atoms with van der Waals surface area (Å²) in [5.74, 6) is -0.310. The summed E-state index contributed by atoms with van der Waals surface area (Å²) in [6.07, 6.45) is -0.337. The molecule has 0 bridgehead atoms. The summed E-state index contributed by atoms with van der Waals surface area (Å²) >= 11 is 0. The highest BCUT2D eigenvalue weighted by molar-refractivity contribution is 5.97. The van der Waals surface area contributed by atoms with Crippen LogP contribution in [-0.2, 0) is 9.53 Å². The van der Waals surface area contributed by atoms with Crippen LogP contribution in [0.2, 0.25) is 0 Å². The molecule has 1 fully saturated rings. The third-order valence-electron chi connectivity index (χ3n) is 4.75. The Morgan fingerprint density at radius 3 is 2.71 bits per heavy atom. The molecule has 2 heterocycles. The van der Waals surface area contributed by atoms with E-state index in [2.05, 4.69) is 0 Å². The zero-order valence-corrected chi connectivity index (χ0v) is 15.1. The van der Waals surface area contributed by atoms with Crippen LogP contribution in [0.4, 0.5) is 4.39 Å². The van der Waals surface area contributed by atoms with Crippen molar-refractivity contribution >= 4 is 11.9 Å². The van der Waals surface area contributed by atoms with E-state index in [-0.39, 0.29) is 31.4 Å². The van der Waals surface area contributed by atoms with E-state index in [1.54, 1.807) is 30.3 Å². The molecular formula is C20H18FNO6. The molecular weight excluding hydrogens is 369 g/mol. The van der Waals surface area contributed by atoms with Crippen molar-refractivity contribution in [3.8, 4) is 17.2 Å². The normalized spacial score (nSPS) is 20.1. The molecule has 2 aromatic rings. The number of amides is 1. The van der Waals surface area contributed by atoms with Gasteiger partial charge >= 0.3 is 5.97 Å². The van der Waals surface area contributed by atoms with Crippen molar-refractivity contribution in [2.24, 2.45) is 0 Å². The van der Waals surface area contributed by atoms with Gasteiger partial charge in [-0.15, -0.1) is 0 Å². The number of hydrogen-bond donors (Lipinski definition) is 0. The van der Waals surface area contributed by atoms with E-state index in [0.29, 0.717) is 17.1 Å². The standard InChI is InChI=1S/C20H18FNO6/c1-25-20(24)15-9-13(28-16-5-3-2-4-14(16)21)10-22(15)19(23)12-6-7-17-18(8-12)27-11-26-17/h2-8,13,15H,9-11H2,1H3/t13-,15+/m1/s1. The van der Waals surface area contributed by atoms with E-state index in [1.807, 2.05) is 0 Å². The predicted molar refractivity (Wildman–Crippen MR) is 94.8 cm³/mol. The predicted octanol–water partition coefficient (Wildman–Crippen LogP) is 2.39. The molecule has 0 spiro atoms. The number of benzene rings is 2. The maximum absolute atomic E-state index is 13.9. The van der Waals surface area contributed by atoms with Gasteiger partial charge < -0.3 is 23.8 Å². The summed E-state index contributed by atoms with van der Waals surface area (Å²) in [6, 6.07) is 10.0. The fourth-order valence-electron chi connectivity index (χ4n) is 3.38. The third-order valence-corrected chi connectivity index (χ3v) is 4.75. The lowest BCUT2D eigenvalue weighted by Gasteiger charge is -2.22. The third kappa shape index (κ3) is 3.33. The van der Waals surface area contributed by atoms with Gasteiger partial charge in [-0.1, -0.05) is 12.1 Å². The Labute approximate surface area is 160 Å². The van der Waals surface area contributed by atoms with Crippen LogP contribution in [0.3, 0.4) is 0 Å². The lowest BCUT2D eigenvalue weighted by atomic mass is 10.1. The van der Waals surface area contributed by atoms with Crippen molar-refractivity contribution in [1.29, 1.82) is 0 Å². The van der Waals surface area contributed by atoms with Gasteiger partial charge in [0.05, 0.1) is 13.7 Å². The Balaban J connectivity index is 1.56. The summed E-state index contributed by atoms with van der Waals surface area (Å²) in [4.78, 5) is 26.6. The number of fused-ring (bicyclic) bond motifs is 1. The van der Waals surface area contributed by atoms with Gasteiger partial charge in [-0.05, 0) is 30.3 Å². The molecule has 2 aliphatic rings. The average Bonchev–Trinajstić information content (AvgIpc) is 3.35. The first kappa shape index (κ1) is 18.1. The lowest BCUT2D eigenvalue weighted by Crippen LogP contribution is -2.41. The highest BCUT2D eigenvalue weighted by Crippen LogP contribution is 2.34. The van der Waals surface area contributed by atoms with Gasteiger partial charge in [-0.3, -0.25) is 4.79 Å². The number of esters is 1. The topological polar surface area (TPSA) is 74.3 Å². The molecule has 0 N–H and O–H groups in total. The van der Waals surface area contributed by atoms with Crippen LogP contribution < -0.4 is 14.2 Å². The van der Waals surface area contributed by atoms with E-state index in [4.69, 9.17) is 18.9 Å². The minimum atomic E-state index is -0.820. The van der Waals surface area contributed by atoms with Crippen LogP contribution in [0.25, 0.3) is 0 Å². The van der Waals surface area contributed by atoms with Crippen LogP contribution in [0, 0.1) is 5.82 Å². The minimum Gasteiger partial charge on any atom is -0.485 e. The van der Waals surface area contributed by atoms with E-state index < -0.39 is 23.9 Å². The average molecular weight is 387 g/mol. The van der Waals surface area contributed by atoms with Gasteiger partial charge in [0, 0.05) is 12.0 Å². The maximum Gasteiger partial charge on any atom is 0.328 e. The quantitative estimate of drug-likeness (QED) is 0.750. The molecule has 4 rings (SSSR count). The molecule has 0 radical (unpaired) electrons. The van der Waals surface area contributed by atoms with E-state index in [9.17, 15) is 14.0 Å². The summed E-state index contributed by atoms with van der Waals surface area (Å²) in [5, 5.41) is 0. The number of likely N-dealkylation sites (tertiary alicyclic amines) is 1. The molecule has 0 aromatic heterocycles. The molecule has 1 amide bonds. The van der Waals surface area contributed by atoms with Gasteiger partial charge in [0.2, 0.25) is 6.79 Å². The van der Waals surface area contributed by atoms with Crippen LogP contribution in [0.1, 0.15) is 16.8 Å². The maximum atomic E-state index is 13.9. The van der Waals surface area contributed by atoms with E-state index in [0.717, 1.165) is 0 Å². The smallest absolute Gasteiger partial charge is 0.328 e. The molecule has 2 atom stereocenters. The molecule has 0 aliphatic carbocycles. The molecule has 146 valence electrons. The second kappa shape index (κ2) is 7.38. The zero-order chi connectivity index (χ0) is 19.7. The number of para-hydroxylation sites is 1. The number of halogens is 1. The Hall–Kier alpha value is -3.29. The number of rotatable bonds is 4. The molecule has 28 heavy (non-hydrogen) atoms. The molecule has 0 saturated carbocycles. The Morgan fingerprint density at radius 2 is 1.93 bits per heavy atom. The number of hydrogen-bond acceptors (Lipinski definition) is 6. The SMILES string of the molecule is COC(=O)[C@@H]1C[C@@H](Oc2ccccc2F)CN1C(=O)c1ccc2c(c1)OCO2. The second-order valence-corrected chi connectivity index (χ2v) is 6.47. The van der Waals surface area contributed by atoms with Gasteiger partial charge in [0.15, 0.2) is 23.1 Å². The van der Waals surface area contributed by atoms with Crippen molar-refractivity contribution in [1.82, 2.24) is 4.90 Å². The van der Waals surface area contributed by atoms with Crippen LogP contribution in [-0.4, -0.2) is 49.4 Å². The van der Waals surface area contributed by atoms with Crippen molar-refractivity contribution in [3.05, 3.63) is 53.8 Å².